The summed E-state index contributed by atoms with van der Waals surface area (Å²) in [5, 5.41) is 82.3. The quantitative estimate of drug-likeness (QED) is 0.0174. The van der Waals surface area contributed by atoms with Crippen LogP contribution in [0.2, 0.25) is 0 Å². The minimum Gasteiger partial charge on any atom is -0.479 e. The molecular formula is C88H139N11O31. The van der Waals surface area contributed by atoms with Crippen LogP contribution in [0.4, 0.5) is 10.5 Å². The third kappa shape index (κ3) is 36.2. The van der Waals surface area contributed by atoms with E-state index in [0.717, 1.165) is 23.5 Å². The first kappa shape index (κ1) is 110. The average Bonchev–Trinajstić information content (AvgIpc) is 0.862. The second-order valence-corrected chi connectivity index (χ2v) is 32.6. The highest BCUT2D eigenvalue weighted by molar-refractivity contribution is 6.12. The van der Waals surface area contributed by atoms with Gasteiger partial charge in [-0.05, 0) is 67.6 Å². The van der Waals surface area contributed by atoms with Crippen molar-refractivity contribution in [3.8, 4) is 5.75 Å². The molecule has 3 aromatic rings. The van der Waals surface area contributed by atoms with Crippen molar-refractivity contribution in [2.45, 2.75) is 205 Å². The fraction of sp³-hybridized carbons (Fsp3) is 0.716. The third-order valence-electron chi connectivity index (χ3n) is 22.5. The minimum absolute atomic E-state index is 0.0252. The Hall–Kier alpha value is -8.93. The summed E-state index contributed by atoms with van der Waals surface area (Å²) < 4.78 is 86.4. The highest BCUT2D eigenvalue weighted by Gasteiger charge is 2.50. The molecule has 0 saturated carbocycles. The van der Waals surface area contributed by atoms with Gasteiger partial charge in [-0.3, -0.25) is 53.5 Å². The number of aliphatic hydroxyl groups is 4. The topological polar surface area (TPSA) is 516 Å². The first-order valence-corrected chi connectivity index (χ1v) is 44.6. The van der Waals surface area contributed by atoms with Crippen LogP contribution in [0, 0.1) is 33.8 Å². The SMILES string of the molecule is CC[C@@H](C)[C@H]([C@H](CC(=O)N1CCC[C@@H]1[C@@H](OC)[C@H](C)C(=O)N[C@@H](C)[C@H](O)c1ccccc1)OC)N(C)C(=O)[C@H](NC(=O)[C@@H](C(C)C)N(C)C(=O)OC(Cc1cn(CCOCCOCCOCCOCCOCCOCCOCCOCCOCCOCCNC(=O)CCCCCN2C(=O)C=CC2=O)nn1)c1ccc(O[C@@H]2O[C@H](C(=O)O)[C@@H](O)[C@H](O)[C@H]2O)c([N+](=O)[O-])c1)C(C)C. The number of amides is 8. The number of hydrogen-bond acceptors (Lipinski definition) is 32. The van der Waals surface area contributed by atoms with E-state index in [-0.39, 0.29) is 85.9 Å². The number of rotatable bonds is 67. The number of carbonyl (C=O) groups is 9. The largest absolute Gasteiger partial charge is 0.479 e. The number of aliphatic hydroxyl groups excluding tert-OH is 4. The lowest BCUT2D eigenvalue weighted by molar-refractivity contribution is -0.387. The Morgan fingerprint density at radius 1 is 0.654 bits per heavy atom. The molecule has 130 heavy (non-hydrogen) atoms. The van der Waals surface area contributed by atoms with Crippen LogP contribution in [0.5, 0.6) is 5.75 Å². The molecule has 2 fully saturated rings. The number of unbranched alkanes of at least 4 members (excludes halogenated alkanes) is 2. The number of ether oxygens (including phenoxy) is 15. The maximum absolute atomic E-state index is 15.1. The lowest BCUT2D eigenvalue weighted by Gasteiger charge is -2.41. The van der Waals surface area contributed by atoms with Gasteiger partial charge in [0.2, 0.25) is 35.8 Å². The standard InChI is InChI=1S/C88H139N11O31/c1-13-59(6)76(69(116-11)55-73(103)97-31-20-23-65(97)81(117-12)60(7)83(108)90-61(8)77(104)62-21-16-14-17-22-62)94(9)85(110)74(57(2)3)91-84(109)75(58(4)5)95(10)88(113)129-68(63-25-26-67(66(53-63)99(114)115)128-87-80(107)78(105)79(106)82(130-87)86(111)112)54-64-56-96(93-92-64)32-34-119-36-38-121-40-42-123-44-46-125-48-50-127-52-51-126-49-47-124-45-43-122-41-39-120-37-35-118-33-29-89-70(100)24-18-15-19-30-98-71(101)27-28-72(98)102/h14,16-17,21-22,25-28,53,56-61,65,68-69,74-82,87,104-107H,13,15,18-20,23-24,29-52,54-55H2,1-12H3,(H,89,100)(H,90,108)(H,91,109)(H,111,112)/t59-,60+,61+,65-,68?,69+,74-,75-,76-,77+,78+,79+,80-,81+,82+,87-/m1/s1. The number of carboxylic acids is 1. The zero-order chi connectivity index (χ0) is 95.2. The normalized spacial score (nSPS) is 19.3. The summed E-state index contributed by atoms with van der Waals surface area (Å²) in [5.74, 6) is -7.07. The summed E-state index contributed by atoms with van der Waals surface area (Å²) in [6, 6.07) is 7.92. The van der Waals surface area contributed by atoms with E-state index in [2.05, 4.69) is 26.3 Å². The number of nitrogens with zero attached hydrogens (tertiary/aromatic N) is 8. The molecule has 2 saturated heterocycles. The van der Waals surface area contributed by atoms with Crippen molar-refractivity contribution >= 4 is 59.1 Å². The molecular weight excluding hydrogens is 1710 g/mol. The molecule has 8 N–H and O–H groups in total. The van der Waals surface area contributed by atoms with Crippen LogP contribution in [0.3, 0.4) is 0 Å². The van der Waals surface area contributed by atoms with E-state index in [0.29, 0.717) is 176 Å². The summed E-state index contributed by atoms with van der Waals surface area (Å²) in [4.78, 5) is 138. The summed E-state index contributed by atoms with van der Waals surface area (Å²) in [6.07, 6.45) is -7.76. The summed E-state index contributed by atoms with van der Waals surface area (Å²) in [7, 11) is 5.84. The predicted octanol–water partition coefficient (Wildman–Crippen LogP) is 2.90. The zero-order valence-corrected chi connectivity index (χ0v) is 77.0. The van der Waals surface area contributed by atoms with Crippen LogP contribution in [0.15, 0.2) is 66.9 Å². The Labute approximate surface area is 759 Å². The van der Waals surface area contributed by atoms with Gasteiger partial charge < -0.3 is 122 Å². The van der Waals surface area contributed by atoms with Crippen molar-refractivity contribution in [3.05, 3.63) is 93.8 Å². The van der Waals surface area contributed by atoms with E-state index in [1.54, 1.807) is 77.8 Å². The van der Waals surface area contributed by atoms with Crippen molar-refractivity contribution in [2.75, 3.05) is 180 Å². The molecule has 6 rings (SSSR count). The van der Waals surface area contributed by atoms with Gasteiger partial charge in [-0.1, -0.05) is 103 Å². The van der Waals surface area contributed by atoms with Gasteiger partial charge in [-0.25, -0.2) is 14.3 Å². The molecule has 0 radical (unpaired) electrons. The Bertz CT molecular complexity index is 3910. The van der Waals surface area contributed by atoms with Gasteiger partial charge in [0.1, 0.15) is 36.5 Å². The number of imide groups is 1. The Morgan fingerprint density at radius 3 is 1.72 bits per heavy atom. The van der Waals surface area contributed by atoms with Crippen molar-refractivity contribution in [2.24, 2.45) is 23.7 Å². The molecule has 8 amide bonds. The Kier molecular flexibility index (Phi) is 50.3. The van der Waals surface area contributed by atoms with E-state index in [1.165, 1.54) is 60.2 Å². The van der Waals surface area contributed by atoms with Gasteiger partial charge in [0.25, 0.3) is 11.8 Å². The number of nitro groups is 1. The molecule has 0 bridgehead atoms. The van der Waals surface area contributed by atoms with Crippen molar-refractivity contribution < 1.29 is 145 Å². The number of benzene rings is 2. The lowest BCUT2D eigenvalue weighted by Crippen LogP contribution is -2.61. The van der Waals surface area contributed by atoms with Crippen LogP contribution < -0.4 is 20.7 Å². The van der Waals surface area contributed by atoms with Crippen LogP contribution in [0.1, 0.15) is 136 Å². The molecule has 0 aliphatic carbocycles. The van der Waals surface area contributed by atoms with E-state index >= 15 is 4.79 Å². The van der Waals surface area contributed by atoms with Gasteiger partial charge in [0, 0.05) is 85.2 Å². The number of likely N-dealkylation sites (N-methyl/N-ethyl adjacent to an activating group) is 2. The number of carboxylic acid groups (broad SMARTS) is 1. The van der Waals surface area contributed by atoms with Crippen molar-refractivity contribution in [1.82, 2.24) is 50.5 Å². The fourth-order valence-corrected chi connectivity index (χ4v) is 15.1. The molecule has 42 nitrogen and oxygen atoms in total. The van der Waals surface area contributed by atoms with E-state index in [9.17, 15) is 74.0 Å². The van der Waals surface area contributed by atoms with Crippen molar-refractivity contribution in [1.29, 1.82) is 0 Å². The Balaban J connectivity index is 0.913. The summed E-state index contributed by atoms with van der Waals surface area (Å²) in [5.41, 5.74) is 0.0426. The van der Waals surface area contributed by atoms with Gasteiger partial charge >= 0.3 is 17.7 Å². The molecule has 0 spiro atoms. The molecule has 4 heterocycles. The van der Waals surface area contributed by atoms with Gasteiger partial charge in [0.05, 0.1) is 198 Å². The van der Waals surface area contributed by atoms with Crippen LogP contribution >= 0.6 is 0 Å². The van der Waals surface area contributed by atoms with Gasteiger partial charge in [-0.2, -0.15) is 0 Å². The molecule has 2 aromatic carbocycles. The number of likely N-dealkylation sites (tertiary alicyclic amines) is 1. The Morgan fingerprint density at radius 2 is 1.21 bits per heavy atom. The van der Waals surface area contributed by atoms with E-state index < -0.39 is 143 Å². The number of nitro benzene ring substituents is 1. The number of methoxy groups -OCH3 is 2. The molecule has 16 atom stereocenters. The van der Waals surface area contributed by atoms with Crippen molar-refractivity contribution in [3.63, 3.8) is 0 Å². The lowest BCUT2D eigenvalue weighted by atomic mass is 9.89. The molecule has 42 heteroatoms. The first-order valence-electron chi connectivity index (χ1n) is 44.6. The summed E-state index contributed by atoms with van der Waals surface area (Å²) in [6.45, 7) is 22.4. The minimum atomic E-state index is -2.11. The highest BCUT2D eigenvalue weighted by atomic mass is 16.7. The van der Waals surface area contributed by atoms with Crippen LogP contribution in [-0.2, 0) is 118 Å². The molecule has 1 aromatic heterocycles. The van der Waals surface area contributed by atoms with Gasteiger partial charge in [-0.15, -0.1) is 5.10 Å². The average molecular weight is 1850 g/mol. The molecule has 1 unspecified atom stereocenters. The van der Waals surface area contributed by atoms with E-state index in [1.807, 2.05) is 19.9 Å². The maximum atomic E-state index is 15.1. The number of aliphatic carboxylic acids is 1. The predicted molar refractivity (Wildman–Crippen MR) is 465 cm³/mol. The first-order chi connectivity index (χ1) is 62.3. The second-order valence-electron chi connectivity index (χ2n) is 32.6. The fourth-order valence-electron chi connectivity index (χ4n) is 15.1. The van der Waals surface area contributed by atoms with Crippen LogP contribution in [-0.4, -0.2) is 372 Å². The molecule has 3 aliphatic heterocycles. The van der Waals surface area contributed by atoms with Gasteiger partial charge in [0.15, 0.2) is 11.9 Å². The number of aromatic nitrogens is 3. The smallest absolute Gasteiger partial charge is 0.410 e. The van der Waals surface area contributed by atoms with Crippen LogP contribution in [0.25, 0.3) is 0 Å². The molecule has 3 aliphatic rings. The second kappa shape index (κ2) is 59.6. The number of carbonyl (C=O) groups excluding carboxylic acids is 8. The monoisotopic (exact) mass is 1850 g/mol. The molecule has 732 valence electrons. The van der Waals surface area contributed by atoms with E-state index in [4.69, 9.17) is 71.1 Å². The maximum Gasteiger partial charge on any atom is 0.410 e. The highest BCUT2D eigenvalue weighted by Crippen LogP contribution is 2.37. The summed E-state index contributed by atoms with van der Waals surface area (Å²) >= 11 is 0. The number of hydrogen-bond donors (Lipinski definition) is 8. The zero-order valence-electron chi connectivity index (χ0n) is 77.0. The third-order valence-corrected chi connectivity index (χ3v) is 22.5. The number of nitrogens with one attached hydrogen (secondary N) is 3.